The van der Waals surface area contributed by atoms with E-state index >= 15 is 0 Å². The van der Waals surface area contributed by atoms with Crippen molar-refractivity contribution in [3.63, 3.8) is 0 Å². The highest BCUT2D eigenvalue weighted by atomic mass is 35.5. The normalized spacial score (nSPS) is 9.80. The van der Waals surface area contributed by atoms with Crippen molar-refractivity contribution < 1.29 is 4.79 Å². The Kier molecular flexibility index (Phi) is 4.24. The lowest BCUT2D eigenvalue weighted by Crippen LogP contribution is -2.11. The maximum atomic E-state index is 11.1. The van der Waals surface area contributed by atoms with Crippen LogP contribution in [0.2, 0.25) is 5.02 Å². The number of benzene rings is 2. The molecule has 0 spiro atoms. The molecule has 2 aromatic carbocycles. The van der Waals surface area contributed by atoms with Crippen LogP contribution in [0.25, 0.3) is 0 Å². The maximum absolute atomic E-state index is 11.1. The van der Waals surface area contributed by atoms with Crippen molar-refractivity contribution in [2.45, 2.75) is 6.54 Å². The van der Waals surface area contributed by atoms with Gasteiger partial charge >= 0.3 is 0 Å². The van der Waals surface area contributed by atoms with Gasteiger partial charge in [0.05, 0.1) is 22.2 Å². The van der Waals surface area contributed by atoms with Gasteiger partial charge in [-0.05, 0) is 35.9 Å². The maximum Gasteiger partial charge on any atom is 0.250 e. The molecule has 3 N–H and O–H groups in total. The number of anilines is 1. The Labute approximate surface area is 121 Å². The van der Waals surface area contributed by atoms with Crippen LogP contribution in [0.3, 0.4) is 0 Å². The molecule has 2 rings (SSSR count). The lowest BCUT2D eigenvalue weighted by atomic mass is 10.1. The number of nitriles is 1. The average molecular weight is 286 g/mol. The van der Waals surface area contributed by atoms with Gasteiger partial charge in [-0.1, -0.05) is 23.7 Å². The summed E-state index contributed by atoms with van der Waals surface area (Å²) in [6.45, 7) is 0.557. The smallest absolute Gasteiger partial charge is 0.250 e. The Hall–Kier alpha value is -2.51. The summed E-state index contributed by atoms with van der Waals surface area (Å²) in [5.41, 5.74) is 7.86. The third-order valence-corrected chi connectivity index (χ3v) is 3.10. The molecule has 0 saturated carbocycles. The fourth-order valence-electron chi connectivity index (χ4n) is 1.78. The molecule has 0 aromatic heterocycles. The van der Waals surface area contributed by atoms with Crippen LogP contribution in [0.15, 0.2) is 42.5 Å². The van der Waals surface area contributed by atoms with Gasteiger partial charge in [0, 0.05) is 12.2 Å². The summed E-state index contributed by atoms with van der Waals surface area (Å²) in [5.74, 6) is -0.553. The van der Waals surface area contributed by atoms with Gasteiger partial charge < -0.3 is 11.1 Å². The molecular weight excluding hydrogens is 274 g/mol. The minimum Gasteiger partial charge on any atom is -0.381 e. The zero-order valence-electron chi connectivity index (χ0n) is 10.6. The predicted molar refractivity (Wildman–Crippen MR) is 78.5 cm³/mol. The van der Waals surface area contributed by atoms with Crippen molar-refractivity contribution in [2.75, 3.05) is 5.32 Å². The monoisotopic (exact) mass is 285 g/mol. The number of carbonyl (C=O) groups is 1. The second kappa shape index (κ2) is 6.09. The van der Waals surface area contributed by atoms with Crippen LogP contribution in [0.4, 0.5) is 5.69 Å². The van der Waals surface area contributed by atoms with E-state index in [1.165, 1.54) is 0 Å². The molecule has 0 bridgehead atoms. The molecular formula is C15H12ClN3O. The third-order valence-electron chi connectivity index (χ3n) is 2.79. The number of amides is 1. The molecule has 0 aliphatic heterocycles. The molecule has 0 heterocycles. The minimum absolute atomic E-state index is 0.295. The number of carbonyl (C=O) groups excluding carboxylic acids is 1. The van der Waals surface area contributed by atoms with E-state index in [4.69, 9.17) is 22.6 Å². The van der Waals surface area contributed by atoms with Crippen molar-refractivity contribution in [3.05, 3.63) is 64.2 Å². The van der Waals surface area contributed by atoms with Gasteiger partial charge in [0.2, 0.25) is 5.91 Å². The standard InChI is InChI=1S/C15H12ClN3O/c16-14-7-12(4-5-13(14)15(18)20)19-9-11-3-1-2-10(6-11)8-17/h1-7,19H,9H2,(H2,18,20). The van der Waals surface area contributed by atoms with Crippen molar-refractivity contribution in [1.82, 2.24) is 0 Å². The van der Waals surface area contributed by atoms with E-state index < -0.39 is 5.91 Å². The topological polar surface area (TPSA) is 78.9 Å². The van der Waals surface area contributed by atoms with Gasteiger partial charge in [0.15, 0.2) is 0 Å². The first kappa shape index (κ1) is 13.9. The third kappa shape index (κ3) is 3.28. The van der Waals surface area contributed by atoms with Gasteiger partial charge in [0.1, 0.15) is 0 Å². The van der Waals surface area contributed by atoms with E-state index in [1.54, 1.807) is 24.3 Å². The summed E-state index contributed by atoms with van der Waals surface area (Å²) < 4.78 is 0. The Morgan fingerprint density at radius 3 is 2.75 bits per heavy atom. The first-order valence-corrected chi connectivity index (χ1v) is 6.30. The number of nitrogens with zero attached hydrogens (tertiary/aromatic N) is 1. The molecule has 0 atom stereocenters. The van der Waals surface area contributed by atoms with Crippen LogP contribution in [0.5, 0.6) is 0 Å². The van der Waals surface area contributed by atoms with Crippen molar-refractivity contribution >= 4 is 23.2 Å². The Morgan fingerprint density at radius 2 is 2.10 bits per heavy atom. The van der Waals surface area contributed by atoms with Gasteiger partial charge in [0.25, 0.3) is 0 Å². The van der Waals surface area contributed by atoms with E-state index in [0.717, 1.165) is 11.3 Å². The Balaban J connectivity index is 2.09. The van der Waals surface area contributed by atoms with E-state index in [-0.39, 0.29) is 0 Å². The van der Waals surface area contributed by atoms with E-state index in [1.807, 2.05) is 18.2 Å². The van der Waals surface area contributed by atoms with Crippen LogP contribution < -0.4 is 11.1 Å². The van der Waals surface area contributed by atoms with Crippen LogP contribution in [0.1, 0.15) is 21.5 Å². The molecule has 2 aromatic rings. The van der Waals surface area contributed by atoms with E-state index in [2.05, 4.69) is 11.4 Å². The Bertz CT molecular complexity index is 692. The number of hydrogen-bond acceptors (Lipinski definition) is 3. The number of rotatable bonds is 4. The van der Waals surface area contributed by atoms with E-state index in [0.29, 0.717) is 22.7 Å². The molecule has 0 radical (unpaired) electrons. The summed E-state index contributed by atoms with van der Waals surface area (Å²) >= 11 is 5.97. The Morgan fingerprint density at radius 1 is 1.30 bits per heavy atom. The molecule has 100 valence electrons. The molecule has 0 fully saturated rings. The van der Waals surface area contributed by atoms with Gasteiger partial charge in [-0.3, -0.25) is 4.79 Å². The number of nitrogens with two attached hydrogens (primary N) is 1. The quantitative estimate of drug-likeness (QED) is 0.906. The molecule has 0 unspecified atom stereocenters. The lowest BCUT2D eigenvalue weighted by Gasteiger charge is -2.08. The van der Waals surface area contributed by atoms with Crippen molar-refractivity contribution in [1.29, 1.82) is 5.26 Å². The predicted octanol–water partition coefficient (Wildman–Crippen LogP) is 2.92. The minimum atomic E-state index is -0.553. The zero-order chi connectivity index (χ0) is 14.5. The number of nitrogens with one attached hydrogen (secondary N) is 1. The summed E-state index contributed by atoms with van der Waals surface area (Å²) in [6, 6.07) is 14.4. The SMILES string of the molecule is N#Cc1cccc(CNc2ccc(C(N)=O)c(Cl)c2)c1. The summed E-state index contributed by atoms with van der Waals surface area (Å²) in [4.78, 5) is 11.1. The van der Waals surface area contributed by atoms with Crippen molar-refractivity contribution in [2.24, 2.45) is 5.73 Å². The number of halogens is 1. The summed E-state index contributed by atoms with van der Waals surface area (Å²) in [6.07, 6.45) is 0. The van der Waals surface area contributed by atoms with Crippen LogP contribution >= 0.6 is 11.6 Å². The highest BCUT2D eigenvalue weighted by Crippen LogP contribution is 2.21. The van der Waals surface area contributed by atoms with Crippen molar-refractivity contribution in [3.8, 4) is 6.07 Å². The molecule has 5 heteroatoms. The number of hydrogen-bond donors (Lipinski definition) is 2. The first-order chi connectivity index (χ1) is 9.60. The number of primary amides is 1. The molecule has 20 heavy (non-hydrogen) atoms. The van der Waals surface area contributed by atoms with E-state index in [9.17, 15) is 4.79 Å². The zero-order valence-corrected chi connectivity index (χ0v) is 11.3. The van der Waals surface area contributed by atoms with Gasteiger partial charge in [-0.25, -0.2) is 0 Å². The second-order valence-corrected chi connectivity index (χ2v) is 4.63. The molecule has 0 aliphatic carbocycles. The summed E-state index contributed by atoms with van der Waals surface area (Å²) in [7, 11) is 0. The fraction of sp³-hybridized carbons (Fsp3) is 0.0667. The molecule has 1 amide bonds. The summed E-state index contributed by atoms with van der Waals surface area (Å²) in [5, 5.41) is 12.3. The highest BCUT2D eigenvalue weighted by Gasteiger charge is 2.06. The lowest BCUT2D eigenvalue weighted by molar-refractivity contribution is 0.100. The largest absolute Gasteiger partial charge is 0.381 e. The van der Waals surface area contributed by atoms with Crippen LogP contribution in [-0.4, -0.2) is 5.91 Å². The highest BCUT2D eigenvalue weighted by molar-refractivity contribution is 6.34. The molecule has 0 aliphatic rings. The fourth-order valence-corrected chi connectivity index (χ4v) is 2.05. The van der Waals surface area contributed by atoms with Crippen LogP contribution in [0, 0.1) is 11.3 Å². The van der Waals surface area contributed by atoms with Gasteiger partial charge in [-0.15, -0.1) is 0 Å². The molecule has 0 saturated heterocycles. The first-order valence-electron chi connectivity index (χ1n) is 5.92. The van der Waals surface area contributed by atoms with Gasteiger partial charge in [-0.2, -0.15) is 5.26 Å². The second-order valence-electron chi connectivity index (χ2n) is 4.22. The average Bonchev–Trinajstić information content (AvgIpc) is 2.45. The molecule has 4 nitrogen and oxygen atoms in total. The van der Waals surface area contributed by atoms with Crippen LogP contribution in [-0.2, 0) is 6.54 Å².